The molecule has 1 aliphatic rings. The number of amides is 1. The molecule has 0 spiro atoms. The summed E-state index contributed by atoms with van der Waals surface area (Å²) in [4.78, 5) is 11.6. The second-order valence-electron chi connectivity index (χ2n) is 4.66. The van der Waals surface area contributed by atoms with Crippen molar-refractivity contribution in [3.63, 3.8) is 0 Å². The molecule has 0 aromatic carbocycles. The Bertz CT molecular complexity index is 205. The molecule has 0 radical (unpaired) electrons. The van der Waals surface area contributed by atoms with Gasteiger partial charge >= 0.3 is 6.09 Å². The molecular formula is C10H20N2O2. The van der Waals surface area contributed by atoms with Gasteiger partial charge in [0.25, 0.3) is 0 Å². The summed E-state index contributed by atoms with van der Waals surface area (Å²) in [7, 11) is 1.76. The largest absolute Gasteiger partial charge is 0.443 e. The van der Waals surface area contributed by atoms with Gasteiger partial charge in [-0.3, -0.25) is 0 Å². The Morgan fingerprint density at radius 1 is 1.29 bits per heavy atom. The van der Waals surface area contributed by atoms with Crippen LogP contribution in [0.25, 0.3) is 0 Å². The van der Waals surface area contributed by atoms with Gasteiger partial charge in [-0.25, -0.2) is 14.8 Å². The molecule has 4 heteroatoms. The van der Waals surface area contributed by atoms with Crippen LogP contribution in [0.2, 0.25) is 0 Å². The molecule has 1 heterocycles. The number of ether oxygens (including phenoxy) is 1. The maximum Gasteiger partial charge on any atom is 0.424 e. The van der Waals surface area contributed by atoms with E-state index in [4.69, 9.17) is 4.74 Å². The zero-order valence-corrected chi connectivity index (χ0v) is 9.54. The number of rotatable bonds is 1. The van der Waals surface area contributed by atoms with Crippen LogP contribution in [-0.2, 0) is 4.74 Å². The predicted octanol–water partition coefficient (Wildman–Crippen LogP) is 1.86. The SMILES string of the molecule is CN(C(=O)OC(C)(C)C)N1CCCC1. The summed E-state index contributed by atoms with van der Waals surface area (Å²) in [5.41, 5.74) is -0.412. The molecule has 82 valence electrons. The molecule has 0 aliphatic carbocycles. The Morgan fingerprint density at radius 2 is 1.79 bits per heavy atom. The minimum Gasteiger partial charge on any atom is -0.443 e. The van der Waals surface area contributed by atoms with Crippen molar-refractivity contribution in [3.05, 3.63) is 0 Å². The zero-order valence-electron chi connectivity index (χ0n) is 9.54. The molecule has 0 atom stereocenters. The van der Waals surface area contributed by atoms with Crippen LogP contribution in [-0.4, -0.2) is 41.8 Å². The highest BCUT2D eigenvalue weighted by molar-refractivity contribution is 5.67. The maximum atomic E-state index is 11.6. The van der Waals surface area contributed by atoms with Crippen LogP contribution in [0.1, 0.15) is 33.6 Å². The fourth-order valence-electron chi connectivity index (χ4n) is 1.44. The van der Waals surface area contributed by atoms with Crippen molar-refractivity contribution < 1.29 is 9.53 Å². The smallest absolute Gasteiger partial charge is 0.424 e. The highest BCUT2D eigenvalue weighted by Crippen LogP contribution is 2.14. The van der Waals surface area contributed by atoms with Gasteiger partial charge in [0.1, 0.15) is 5.60 Å². The van der Waals surface area contributed by atoms with Crippen LogP contribution >= 0.6 is 0 Å². The van der Waals surface area contributed by atoms with Gasteiger partial charge in [0.15, 0.2) is 0 Å². The number of hydrogen-bond acceptors (Lipinski definition) is 3. The first-order valence-electron chi connectivity index (χ1n) is 5.12. The molecule has 1 saturated heterocycles. The summed E-state index contributed by atoms with van der Waals surface area (Å²) in [6.07, 6.45) is 2.06. The van der Waals surface area contributed by atoms with Crippen molar-refractivity contribution >= 4 is 6.09 Å². The molecule has 0 aromatic heterocycles. The van der Waals surface area contributed by atoms with E-state index in [-0.39, 0.29) is 6.09 Å². The molecule has 1 amide bonds. The summed E-state index contributed by atoms with van der Waals surface area (Å²) in [6.45, 7) is 7.54. The third kappa shape index (κ3) is 3.18. The minimum absolute atomic E-state index is 0.264. The molecule has 14 heavy (non-hydrogen) atoms. The third-order valence-corrected chi connectivity index (χ3v) is 2.16. The summed E-state index contributed by atoms with van der Waals surface area (Å²) >= 11 is 0. The summed E-state index contributed by atoms with van der Waals surface area (Å²) in [5, 5.41) is 3.60. The number of carbonyl (C=O) groups excluding carboxylic acids is 1. The molecule has 0 bridgehead atoms. The number of hydrogen-bond donors (Lipinski definition) is 0. The van der Waals surface area contributed by atoms with Crippen LogP contribution in [0.3, 0.4) is 0 Å². The maximum absolute atomic E-state index is 11.6. The molecular weight excluding hydrogens is 180 g/mol. The summed E-state index contributed by atoms with van der Waals surface area (Å²) in [6, 6.07) is 0. The number of hydrazine groups is 1. The van der Waals surface area contributed by atoms with E-state index in [1.54, 1.807) is 12.1 Å². The van der Waals surface area contributed by atoms with E-state index in [0.717, 1.165) is 25.9 Å². The summed E-state index contributed by atoms with van der Waals surface area (Å²) in [5.74, 6) is 0. The lowest BCUT2D eigenvalue weighted by Gasteiger charge is -2.30. The van der Waals surface area contributed by atoms with Crippen molar-refractivity contribution in [2.45, 2.75) is 39.2 Å². The molecule has 1 rings (SSSR count). The average Bonchev–Trinajstić information content (AvgIpc) is 2.51. The Labute approximate surface area is 85.8 Å². The molecule has 1 aliphatic heterocycles. The van der Waals surface area contributed by atoms with E-state index in [9.17, 15) is 4.79 Å². The molecule has 0 unspecified atom stereocenters. The van der Waals surface area contributed by atoms with Gasteiger partial charge in [0.2, 0.25) is 0 Å². The van der Waals surface area contributed by atoms with Gasteiger partial charge in [-0.05, 0) is 33.6 Å². The third-order valence-electron chi connectivity index (χ3n) is 2.16. The first-order chi connectivity index (χ1) is 6.40. The number of carbonyl (C=O) groups is 1. The lowest BCUT2D eigenvalue weighted by molar-refractivity contribution is -0.0272. The second-order valence-corrected chi connectivity index (χ2v) is 4.66. The topological polar surface area (TPSA) is 32.8 Å². The van der Waals surface area contributed by atoms with Crippen LogP contribution < -0.4 is 0 Å². The van der Waals surface area contributed by atoms with Crippen LogP contribution in [0.15, 0.2) is 0 Å². The van der Waals surface area contributed by atoms with Crippen molar-refractivity contribution in [2.75, 3.05) is 20.1 Å². The van der Waals surface area contributed by atoms with Gasteiger partial charge in [-0.15, -0.1) is 0 Å². The van der Waals surface area contributed by atoms with E-state index >= 15 is 0 Å². The van der Waals surface area contributed by atoms with Gasteiger partial charge in [0.05, 0.1) is 0 Å². The molecule has 0 aromatic rings. The quantitative estimate of drug-likeness (QED) is 0.647. The van der Waals surface area contributed by atoms with Crippen molar-refractivity contribution in [1.29, 1.82) is 0 Å². The Kier molecular flexibility index (Phi) is 3.37. The monoisotopic (exact) mass is 200 g/mol. The Morgan fingerprint density at radius 3 is 2.21 bits per heavy atom. The molecule has 1 fully saturated rings. The average molecular weight is 200 g/mol. The van der Waals surface area contributed by atoms with Gasteiger partial charge in [0, 0.05) is 20.1 Å². The van der Waals surface area contributed by atoms with E-state index < -0.39 is 5.60 Å². The lowest BCUT2D eigenvalue weighted by Crippen LogP contribution is -2.44. The van der Waals surface area contributed by atoms with Gasteiger partial charge < -0.3 is 4.74 Å². The first-order valence-corrected chi connectivity index (χ1v) is 5.12. The zero-order chi connectivity index (χ0) is 10.8. The standard InChI is InChI=1S/C10H20N2O2/c1-10(2,3)14-9(13)11(4)12-7-5-6-8-12/h5-8H2,1-4H3. The molecule has 4 nitrogen and oxygen atoms in total. The number of nitrogens with zero attached hydrogens (tertiary/aromatic N) is 2. The van der Waals surface area contributed by atoms with Crippen LogP contribution in [0.5, 0.6) is 0 Å². The molecule has 0 N–H and O–H groups in total. The first kappa shape index (κ1) is 11.3. The van der Waals surface area contributed by atoms with Crippen molar-refractivity contribution in [1.82, 2.24) is 10.0 Å². The van der Waals surface area contributed by atoms with E-state index in [0.29, 0.717) is 0 Å². The van der Waals surface area contributed by atoms with Crippen molar-refractivity contribution in [3.8, 4) is 0 Å². The molecule has 0 saturated carbocycles. The highest BCUT2D eigenvalue weighted by atomic mass is 16.6. The van der Waals surface area contributed by atoms with Crippen LogP contribution in [0.4, 0.5) is 4.79 Å². The highest BCUT2D eigenvalue weighted by Gasteiger charge is 2.25. The summed E-state index contributed by atoms with van der Waals surface area (Å²) < 4.78 is 5.26. The van der Waals surface area contributed by atoms with Gasteiger partial charge in [-0.2, -0.15) is 0 Å². The predicted molar refractivity (Wildman–Crippen MR) is 54.8 cm³/mol. The fraction of sp³-hybridized carbons (Fsp3) is 0.900. The van der Waals surface area contributed by atoms with Crippen LogP contribution in [0, 0.1) is 0 Å². The van der Waals surface area contributed by atoms with E-state index in [1.807, 2.05) is 25.8 Å². The Balaban J connectivity index is 2.43. The van der Waals surface area contributed by atoms with Gasteiger partial charge in [-0.1, -0.05) is 0 Å². The normalized spacial score (nSPS) is 18.3. The van der Waals surface area contributed by atoms with Crippen molar-refractivity contribution in [2.24, 2.45) is 0 Å². The lowest BCUT2D eigenvalue weighted by atomic mass is 10.2. The van der Waals surface area contributed by atoms with E-state index in [1.165, 1.54) is 0 Å². The Hall–Kier alpha value is -0.770. The van der Waals surface area contributed by atoms with E-state index in [2.05, 4.69) is 0 Å². The minimum atomic E-state index is -0.412. The second kappa shape index (κ2) is 4.17. The fourth-order valence-corrected chi connectivity index (χ4v) is 1.44.